The van der Waals surface area contributed by atoms with Crippen LogP contribution >= 0.6 is 0 Å². The molecular weight excluding hydrogens is 267 g/mol. The molecule has 0 saturated heterocycles. The number of rotatable bonds is 6. The predicted octanol–water partition coefficient (Wildman–Crippen LogP) is 2.74. The van der Waals surface area contributed by atoms with Crippen molar-refractivity contribution in [2.24, 2.45) is 5.92 Å². The summed E-state index contributed by atoms with van der Waals surface area (Å²) < 4.78 is 39.7. The van der Waals surface area contributed by atoms with Gasteiger partial charge in [-0.3, -0.25) is 0 Å². The molecule has 0 aliphatic carbocycles. The van der Waals surface area contributed by atoms with Crippen LogP contribution in [-0.4, -0.2) is 20.8 Å². The summed E-state index contributed by atoms with van der Waals surface area (Å²) in [6, 6.07) is 6.88. The fourth-order valence-corrected chi connectivity index (χ4v) is 2.83. The minimum absolute atomic E-state index is 0.0167. The van der Waals surface area contributed by atoms with Gasteiger partial charge in [-0.05, 0) is 23.6 Å². The molecular formula is C14H17FO3S. The van der Waals surface area contributed by atoms with Gasteiger partial charge in [0.05, 0.1) is 5.75 Å². The SMILES string of the molecule is C#CCOc1ccc(C(CS(=O)(=O)F)C(C)C)cc1. The fraction of sp³-hybridized carbons (Fsp3) is 0.429. The number of ether oxygens (including phenoxy) is 1. The smallest absolute Gasteiger partial charge is 0.303 e. The van der Waals surface area contributed by atoms with E-state index in [1.54, 1.807) is 24.3 Å². The zero-order chi connectivity index (χ0) is 14.5. The van der Waals surface area contributed by atoms with Gasteiger partial charge in [0.15, 0.2) is 0 Å². The number of hydrogen-bond acceptors (Lipinski definition) is 3. The highest BCUT2D eigenvalue weighted by Crippen LogP contribution is 2.28. The highest BCUT2D eigenvalue weighted by atomic mass is 32.3. The first kappa shape index (κ1) is 15.5. The number of benzene rings is 1. The Morgan fingerprint density at radius 1 is 1.32 bits per heavy atom. The molecule has 0 N–H and O–H groups in total. The lowest BCUT2D eigenvalue weighted by Gasteiger charge is -2.19. The van der Waals surface area contributed by atoms with Crippen molar-refractivity contribution < 1.29 is 17.0 Å². The molecule has 0 aromatic heterocycles. The highest BCUT2D eigenvalue weighted by Gasteiger charge is 2.23. The normalized spacial score (nSPS) is 13.0. The summed E-state index contributed by atoms with van der Waals surface area (Å²) in [7, 11) is -4.50. The summed E-state index contributed by atoms with van der Waals surface area (Å²) in [4.78, 5) is 0. The Morgan fingerprint density at radius 2 is 1.89 bits per heavy atom. The summed E-state index contributed by atoms with van der Waals surface area (Å²) in [5.74, 6) is 2.09. The average Bonchev–Trinajstić information content (AvgIpc) is 2.33. The van der Waals surface area contributed by atoms with E-state index in [0.717, 1.165) is 5.56 Å². The maximum absolute atomic E-state index is 12.9. The largest absolute Gasteiger partial charge is 0.481 e. The molecule has 104 valence electrons. The van der Waals surface area contributed by atoms with Crippen LogP contribution in [0.3, 0.4) is 0 Å². The van der Waals surface area contributed by atoms with Crippen molar-refractivity contribution in [2.45, 2.75) is 19.8 Å². The molecule has 0 heterocycles. The maximum atomic E-state index is 12.9. The second-order valence-corrected chi connectivity index (χ2v) is 6.03. The average molecular weight is 284 g/mol. The van der Waals surface area contributed by atoms with Gasteiger partial charge in [0.2, 0.25) is 0 Å². The lowest BCUT2D eigenvalue weighted by atomic mass is 9.90. The van der Waals surface area contributed by atoms with E-state index in [1.807, 2.05) is 13.8 Å². The monoisotopic (exact) mass is 284 g/mol. The summed E-state index contributed by atoms with van der Waals surface area (Å²) in [5.41, 5.74) is 0.768. The third kappa shape index (κ3) is 5.31. The van der Waals surface area contributed by atoms with E-state index < -0.39 is 16.0 Å². The minimum atomic E-state index is -4.50. The Labute approximate surface area is 114 Å². The second kappa shape index (κ2) is 6.58. The van der Waals surface area contributed by atoms with Gasteiger partial charge in [0.1, 0.15) is 12.4 Å². The van der Waals surface area contributed by atoms with Crippen molar-refractivity contribution >= 4 is 10.2 Å². The van der Waals surface area contributed by atoms with E-state index in [4.69, 9.17) is 11.2 Å². The lowest BCUT2D eigenvalue weighted by molar-refractivity contribution is 0.370. The molecule has 0 fully saturated rings. The van der Waals surface area contributed by atoms with E-state index in [0.29, 0.717) is 5.75 Å². The molecule has 0 bridgehead atoms. The number of halogens is 1. The fourth-order valence-electron chi connectivity index (χ4n) is 1.82. The Bertz CT molecular complexity index is 541. The van der Waals surface area contributed by atoms with Crippen molar-refractivity contribution in [3.05, 3.63) is 29.8 Å². The van der Waals surface area contributed by atoms with Crippen molar-refractivity contribution in [2.75, 3.05) is 12.4 Å². The Kier molecular flexibility index (Phi) is 5.37. The van der Waals surface area contributed by atoms with Crippen LogP contribution in [0, 0.1) is 18.3 Å². The first-order valence-electron chi connectivity index (χ1n) is 5.92. The van der Waals surface area contributed by atoms with Crippen LogP contribution in [0.25, 0.3) is 0 Å². The van der Waals surface area contributed by atoms with Gasteiger partial charge in [-0.15, -0.1) is 10.3 Å². The van der Waals surface area contributed by atoms with Gasteiger partial charge in [0, 0.05) is 5.92 Å². The van der Waals surface area contributed by atoms with E-state index in [2.05, 4.69) is 5.92 Å². The van der Waals surface area contributed by atoms with Crippen LogP contribution in [0.2, 0.25) is 0 Å². The summed E-state index contributed by atoms with van der Waals surface area (Å²) in [6.45, 7) is 3.89. The first-order chi connectivity index (χ1) is 8.83. The molecule has 0 aliphatic rings. The van der Waals surface area contributed by atoms with Crippen molar-refractivity contribution in [3.63, 3.8) is 0 Å². The zero-order valence-electron chi connectivity index (χ0n) is 11.0. The van der Waals surface area contributed by atoms with Crippen LogP contribution in [0.1, 0.15) is 25.3 Å². The molecule has 0 aliphatic heterocycles. The van der Waals surface area contributed by atoms with E-state index in [9.17, 15) is 12.3 Å². The third-order valence-corrected chi connectivity index (χ3v) is 3.57. The lowest BCUT2D eigenvalue weighted by Crippen LogP contribution is -2.16. The van der Waals surface area contributed by atoms with Crippen molar-refractivity contribution in [1.82, 2.24) is 0 Å². The van der Waals surface area contributed by atoms with Gasteiger partial charge in [-0.2, -0.15) is 8.42 Å². The van der Waals surface area contributed by atoms with Gasteiger partial charge in [0.25, 0.3) is 0 Å². The molecule has 5 heteroatoms. The predicted molar refractivity (Wildman–Crippen MR) is 73.2 cm³/mol. The number of terminal acetylenes is 1. The molecule has 3 nitrogen and oxygen atoms in total. The first-order valence-corrected chi connectivity index (χ1v) is 7.47. The van der Waals surface area contributed by atoms with Crippen molar-refractivity contribution in [3.8, 4) is 18.1 Å². The van der Waals surface area contributed by atoms with E-state index in [1.165, 1.54) is 0 Å². The molecule has 0 radical (unpaired) electrons. The minimum Gasteiger partial charge on any atom is -0.481 e. The molecule has 19 heavy (non-hydrogen) atoms. The second-order valence-electron chi connectivity index (χ2n) is 4.62. The summed E-state index contributed by atoms with van der Waals surface area (Å²) in [6.07, 6.45) is 5.08. The van der Waals surface area contributed by atoms with E-state index >= 15 is 0 Å². The van der Waals surface area contributed by atoms with Gasteiger partial charge >= 0.3 is 10.2 Å². The molecule has 0 amide bonds. The van der Waals surface area contributed by atoms with E-state index in [-0.39, 0.29) is 18.4 Å². The summed E-state index contributed by atoms with van der Waals surface area (Å²) >= 11 is 0. The topological polar surface area (TPSA) is 43.4 Å². The van der Waals surface area contributed by atoms with Gasteiger partial charge < -0.3 is 4.74 Å². The zero-order valence-corrected chi connectivity index (χ0v) is 11.8. The molecule has 1 aromatic carbocycles. The van der Waals surface area contributed by atoms with Gasteiger partial charge in [-0.1, -0.05) is 31.9 Å². The van der Waals surface area contributed by atoms with Crippen LogP contribution in [-0.2, 0) is 10.2 Å². The Balaban J connectivity index is 2.89. The Morgan fingerprint density at radius 3 is 2.32 bits per heavy atom. The van der Waals surface area contributed by atoms with Crippen LogP contribution in [0.4, 0.5) is 3.89 Å². The third-order valence-electron chi connectivity index (χ3n) is 2.81. The van der Waals surface area contributed by atoms with Gasteiger partial charge in [-0.25, -0.2) is 0 Å². The molecule has 1 atom stereocenters. The molecule has 1 unspecified atom stereocenters. The van der Waals surface area contributed by atoms with Crippen LogP contribution in [0.15, 0.2) is 24.3 Å². The maximum Gasteiger partial charge on any atom is 0.303 e. The van der Waals surface area contributed by atoms with Crippen LogP contribution in [0.5, 0.6) is 5.75 Å². The number of hydrogen-bond donors (Lipinski definition) is 0. The Hall–Kier alpha value is -1.54. The molecule has 1 rings (SSSR count). The molecule has 0 saturated carbocycles. The van der Waals surface area contributed by atoms with Crippen LogP contribution < -0.4 is 4.74 Å². The molecule has 0 spiro atoms. The van der Waals surface area contributed by atoms with Crippen molar-refractivity contribution in [1.29, 1.82) is 0 Å². The molecule has 1 aromatic rings. The standard InChI is InChI=1S/C14H17FO3S/c1-4-9-18-13-7-5-12(6-8-13)14(11(2)3)10-19(15,16)17/h1,5-8,11,14H,9-10H2,2-3H3. The quantitative estimate of drug-likeness (QED) is 0.596. The highest BCUT2D eigenvalue weighted by molar-refractivity contribution is 7.86. The summed E-state index contributed by atoms with van der Waals surface area (Å²) in [5, 5.41) is 0.